The Hall–Kier alpha value is -2.78. The van der Waals surface area contributed by atoms with Crippen LogP contribution in [0.5, 0.6) is 5.75 Å². The van der Waals surface area contributed by atoms with Gasteiger partial charge in [0.1, 0.15) is 5.75 Å². The Labute approximate surface area is 157 Å². The molecule has 0 aliphatic rings. The maximum absolute atomic E-state index is 9.13. The Bertz CT molecular complexity index is 884. The molecule has 0 unspecified atom stereocenters. The van der Waals surface area contributed by atoms with E-state index in [4.69, 9.17) is 10.00 Å². The van der Waals surface area contributed by atoms with Crippen molar-refractivity contribution in [1.29, 1.82) is 5.26 Å². The van der Waals surface area contributed by atoms with Crippen LogP contribution in [0.1, 0.15) is 12.5 Å². The van der Waals surface area contributed by atoms with Crippen molar-refractivity contribution >= 4 is 11.8 Å². The third-order valence-electron chi connectivity index (χ3n) is 4.00. The molecule has 0 aliphatic carbocycles. The minimum atomic E-state index is -0.182. The van der Waals surface area contributed by atoms with E-state index in [0.29, 0.717) is 0 Å². The lowest BCUT2D eigenvalue weighted by molar-refractivity contribution is 0.415. The number of hydrogen-bond acceptors (Lipinski definition) is 5. The zero-order chi connectivity index (χ0) is 18.4. The van der Waals surface area contributed by atoms with Gasteiger partial charge in [0, 0.05) is 12.1 Å². The van der Waals surface area contributed by atoms with E-state index in [0.717, 1.165) is 35.3 Å². The third-order valence-corrected chi connectivity index (χ3v) is 4.97. The lowest BCUT2D eigenvalue weighted by atomic mass is 10.1. The predicted octanol–water partition coefficient (Wildman–Crippen LogP) is 4.20. The summed E-state index contributed by atoms with van der Waals surface area (Å²) in [5.74, 6) is 1.60. The lowest BCUT2D eigenvalue weighted by Gasteiger charge is -2.11. The van der Waals surface area contributed by atoms with Gasteiger partial charge in [0.15, 0.2) is 11.0 Å². The molecule has 0 bridgehead atoms. The molecule has 0 radical (unpaired) electrons. The van der Waals surface area contributed by atoms with Gasteiger partial charge in [0.2, 0.25) is 0 Å². The number of ether oxygens (including phenoxy) is 1. The van der Waals surface area contributed by atoms with E-state index in [1.54, 1.807) is 7.11 Å². The van der Waals surface area contributed by atoms with Gasteiger partial charge in [0.25, 0.3) is 0 Å². The summed E-state index contributed by atoms with van der Waals surface area (Å²) in [7, 11) is 1.65. The van der Waals surface area contributed by atoms with E-state index < -0.39 is 0 Å². The van der Waals surface area contributed by atoms with Gasteiger partial charge in [-0.3, -0.25) is 0 Å². The van der Waals surface area contributed by atoms with Gasteiger partial charge in [-0.1, -0.05) is 42.1 Å². The standard InChI is InChI=1S/C20H20N4OS/c1-15(14-21)26-20-23-22-19(17-8-10-18(25-2)11-9-17)24(20)13-12-16-6-4-3-5-7-16/h3-11,15H,12-13H2,1-2H3/t15-/m1/s1. The van der Waals surface area contributed by atoms with Crippen molar-refractivity contribution in [3.8, 4) is 23.2 Å². The van der Waals surface area contributed by atoms with Crippen LogP contribution in [0.15, 0.2) is 59.8 Å². The summed E-state index contributed by atoms with van der Waals surface area (Å²) in [4.78, 5) is 0. The smallest absolute Gasteiger partial charge is 0.192 e. The molecule has 3 rings (SSSR count). The molecule has 132 valence electrons. The molecule has 0 aliphatic heterocycles. The Morgan fingerprint density at radius 3 is 2.50 bits per heavy atom. The molecule has 0 saturated carbocycles. The number of aryl methyl sites for hydroxylation is 1. The Morgan fingerprint density at radius 1 is 1.12 bits per heavy atom. The van der Waals surface area contributed by atoms with Crippen LogP contribution >= 0.6 is 11.8 Å². The topological polar surface area (TPSA) is 63.7 Å². The van der Waals surface area contributed by atoms with Crippen molar-refractivity contribution in [3.05, 3.63) is 60.2 Å². The van der Waals surface area contributed by atoms with E-state index in [2.05, 4.69) is 33.0 Å². The highest BCUT2D eigenvalue weighted by atomic mass is 32.2. The number of methoxy groups -OCH3 is 1. The van der Waals surface area contributed by atoms with Crippen molar-refractivity contribution in [3.63, 3.8) is 0 Å². The second-order valence-electron chi connectivity index (χ2n) is 5.81. The van der Waals surface area contributed by atoms with Crippen LogP contribution in [0.3, 0.4) is 0 Å². The number of hydrogen-bond donors (Lipinski definition) is 0. The second-order valence-corrected chi connectivity index (χ2v) is 7.12. The lowest BCUT2D eigenvalue weighted by Crippen LogP contribution is -2.06. The predicted molar refractivity (Wildman–Crippen MR) is 103 cm³/mol. The maximum atomic E-state index is 9.13. The van der Waals surface area contributed by atoms with Crippen LogP contribution in [0.2, 0.25) is 0 Å². The van der Waals surface area contributed by atoms with Gasteiger partial charge in [-0.05, 0) is 43.2 Å². The first-order valence-corrected chi connectivity index (χ1v) is 9.27. The molecule has 1 aromatic heterocycles. The van der Waals surface area contributed by atoms with E-state index in [-0.39, 0.29) is 5.25 Å². The van der Waals surface area contributed by atoms with Gasteiger partial charge in [-0.2, -0.15) is 5.26 Å². The monoisotopic (exact) mass is 364 g/mol. The molecular weight excluding hydrogens is 344 g/mol. The maximum Gasteiger partial charge on any atom is 0.192 e. The average Bonchev–Trinajstić information content (AvgIpc) is 3.09. The first-order valence-electron chi connectivity index (χ1n) is 8.39. The molecule has 5 nitrogen and oxygen atoms in total. The molecule has 0 amide bonds. The van der Waals surface area contributed by atoms with E-state index in [1.807, 2.05) is 49.4 Å². The third kappa shape index (κ3) is 4.24. The fourth-order valence-corrected chi connectivity index (χ4v) is 3.36. The Balaban J connectivity index is 1.91. The first kappa shape index (κ1) is 18.0. The van der Waals surface area contributed by atoms with Gasteiger partial charge < -0.3 is 9.30 Å². The zero-order valence-electron chi connectivity index (χ0n) is 14.8. The number of nitriles is 1. The molecule has 26 heavy (non-hydrogen) atoms. The van der Waals surface area contributed by atoms with Crippen LogP contribution < -0.4 is 4.74 Å². The van der Waals surface area contributed by atoms with Crippen molar-refractivity contribution < 1.29 is 4.74 Å². The van der Waals surface area contributed by atoms with Crippen LogP contribution in [-0.2, 0) is 13.0 Å². The largest absolute Gasteiger partial charge is 0.497 e. The molecule has 0 saturated heterocycles. The summed E-state index contributed by atoms with van der Waals surface area (Å²) < 4.78 is 7.32. The zero-order valence-corrected chi connectivity index (χ0v) is 15.6. The second kappa shape index (κ2) is 8.54. The number of thioether (sulfide) groups is 1. The van der Waals surface area contributed by atoms with Crippen molar-refractivity contribution in [2.24, 2.45) is 0 Å². The highest BCUT2D eigenvalue weighted by Crippen LogP contribution is 2.28. The van der Waals surface area contributed by atoms with Gasteiger partial charge in [-0.25, -0.2) is 0 Å². The normalized spacial score (nSPS) is 11.7. The van der Waals surface area contributed by atoms with E-state index in [9.17, 15) is 0 Å². The molecule has 1 atom stereocenters. The van der Waals surface area contributed by atoms with Crippen molar-refractivity contribution in [1.82, 2.24) is 14.8 Å². The molecule has 1 heterocycles. The molecular formula is C20H20N4OS. The van der Waals surface area contributed by atoms with Crippen LogP contribution in [0.25, 0.3) is 11.4 Å². The number of aromatic nitrogens is 3. The Morgan fingerprint density at radius 2 is 1.85 bits per heavy atom. The number of rotatable bonds is 7. The summed E-state index contributed by atoms with van der Waals surface area (Å²) in [6, 6.07) is 20.3. The molecule has 0 N–H and O–H groups in total. The minimum absolute atomic E-state index is 0.182. The van der Waals surface area contributed by atoms with Gasteiger partial charge in [-0.15, -0.1) is 10.2 Å². The highest BCUT2D eigenvalue weighted by Gasteiger charge is 2.16. The number of benzene rings is 2. The van der Waals surface area contributed by atoms with E-state index in [1.165, 1.54) is 17.3 Å². The van der Waals surface area contributed by atoms with Crippen molar-refractivity contribution in [2.75, 3.05) is 7.11 Å². The quantitative estimate of drug-likeness (QED) is 0.588. The highest BCUT2D eigenvalue weighted by molar-refractivity contribution is 8.00. The molecule has 3 aromatic rings. The first-order chi connectivity index (χ1) is 12.7. The fourth-order valence-electron chi connectivity index (χ4n) is 2.60. The Kier molecular flexibility index (Phi) is 5.92. The van der Waals surface area contributed by atoms with Crippen LogP contribution in [0, 0.1) is 11.3 Å². The summed E-state index contributed by atoms with van der Waals surface area (Å²) in [6.07, 6.45) is 0.872. The number of nitrogens with zero attached hydrogens (tertiary/aromatic N) is 4. The summed E-state index contributed by atoms with van der Waals surface area (Å²) in [5.41, 5.74) is 2.23. The van der Waals surface area contributed by atoms with Crippen LogP contribution in [0.4, 0.5) is 0 Å². The summed E-state index contributed by atoms with van der Waals surface area (Å²) >= 11 is 1.43. The molecule has 0 spiro atoms. The average molecular weight is 364 g/mol. The summed E-state index contributed by atoms with van der Waals surface area (Å²) in [5, 5.41) is 18.4. The fraction of sp³-hybridized carbons (Fsp3) is 0.250. The SMILES string of the molecule is COc1ccc(-c2nnc(S[C@H](C)C#N)n2CCc2ccccc2)cc1. The molecule has 2 aromatic carbocycles. The molecule has 0 fully saturated rings. The summed E-state index contributed by atoms with van der Waals surface area (Å²) in [6.45, 7) is 2.62. The van der Waals surface area contributed by atoms with Gasteiger partial charge >= 0.3 is 0 Å². The van der Waals surface area contributed by atoms with Crippen LogP contribution in [-0.4, -0.2) is 27.1 Å². The van der Waals surface area contributed by atoms with E-state index >= 15 is 0 Å². The minimum Gasteiger partial charge on any atom is -0.497 e. The molecule has 6 heteroatoms. The van der Waals surface area contributed by atoms with Crippen molar-refractivity contribution in [2.45, 2.75) is 30.3 Å². The van der Waals surface area contributed by atoms with Gasteiger partial charge in [0.05, 0.1) is 18.4 Å².